The standard InChI is InChI=1S/C32H41F3O/c1-3-5-6-7-22-8-10-23(11-9-22)24-12-14-25(15-13-24)27-17-16-26(21-29(27)33)28-18-19-30(36-20-4-2)32(35)31(28)34/h3,5,16-19,21-25H,4,6-15,20H2,1-2H3/b5-3+. The molecule has 0 aromatic heterocycles. The number of ether oxygens (including phenoxy) is 1. The van der Waals surface area contributed by atoms with E-state index >= 15 is 4.39 Å². The molecule has 2 aliphatic rings. The topological polar surface area (TPSA) is 9.23 Å². The van der Waals surface area contributed by atoms with Gasteiger partial charge in [0, 0.05) is 5.56 Å². The Balaban J connectivity index is 1.34. The van der Waals surface area contributed by atoms with Crippen molar-refractivity contribution >= 4 is 0 Å². The first kappa shape index (κ1) is 26.8. The van der Waals surface area contributed by atoms with Crippen LogP contribution in [-0.4, -0.2) is 6.61 Å². The van der Waals surface area contributed by atoms with Crippen LogP contribution in [0.15, 0.2) is 42.5 Å². The fourth-order valence-corrected chi connectivity index (χ4v) is 6.45. The molecule has 36 heavy (non-hydrogen) atoms. The Kier molecular flexibility index (Phi) is 9.56. The second-order valence-electron chi connectivity index (χ2n) is 10.9. The van der Waals surface area contributed by atoms with E-state index in [2.05, 4.69) is 19.1 Å². The van der Waals surface area contributed by atoms with E-state index in [4.69, 9.17) is 4.74 Å². The molecule has 196 valence electrons. The van der Waals surface area contributed by atoms with Crippen LogP contribution in [0.1, 0.15) is 96.0 Å². The second kappa shape index (κ2) is 12.8. The highest BCUT2D eigenvalue weighted by atomic mass is 19.2. The minimum absolute atomic E-state index is 0.0619. The van der Waals surface area contributed by atoms with Gasteiger partial charge in [-0.25, -0.2) is 8.78 Å². The number of hydrogen-bond acceptors (Lipinski definition) is 1. The van der Waals surface area contributed by atoms with Crippen LogP contribution < -0.4 is 4.74 Å². The van der Waals surface area contributed by atoms with Gasteiger partial charge in [-0.3, -0.25) is 0 Å². The largest absolute Gasteiger partial charge is 0.490 e. The Labute approximate surface area is 215 Å². The van der Waals surface area contributed by atoms with Crippen molar-refractivity contribution in [3.63, 3.8) is 0 Å². The van der Waals surface area contributed by atoms with E-state index in [-0.39, 0.29) is 23.0 Å². The molecule has 2 aromatic rings. The van der Waals surface area contributed by atoms with Crippen molar-refractivity contribution < 1.29 is 17.9 Å². The van der Waals surface area contributed by atoms with Gasteiger partial charge in [-0.05, 0) is 118 Å². The first-order chi connectivity index (χ1) is 17.5. The molecule has 0 aliphatic heterocycles. The van der Waals surface area contributed by atoms with Gasteiger partial charge in [0.25, 0.3) is 0 Å². The van der Waals surface area contributed by atoms with E-state index in [1.54, 1.807) is 12.1 Å². The minimum Gasteiger partial charge on any atom is -0.490 e. The van der Waals surface area contributed by atoms with E-state index in [9.17, 15) is 8.78 Å². The fourth-order valence-electron chi connectivity index (χ4n) is 6.45. The Morgan fingerprint density at radius 2 is 1.56 bits per heavy atom. The van der Waals surface area contributed by atoms with E-state index < -0.39 is 11.6 Å². The molecule has 2 aliphatic carbocycles. The van der Waals surface area contributed by atoms with Gasteiger partial charge in [-0.1, -0.05) is 44.1 Å². The summed E-state index contributed by atoms with van der Waals surface area (Å²) in [6, 6.07) is 7.76. The number of allylic oxidation sites excluding steroid dienone is 2. The third-order valence-electron chi connectivity index (χ3n) is 8.57. The lowest BCUT2D eigenvalue weighted by atomic mass is 9.68. The zero-order chi connectivity index (χ0) is 25.5. The summed E-state index contributed by atoms with van der Waals surface area (Å²) in [5.41, 5.74) is 1.13. The molecule has 2 fully saturated rings. The number of halogens is 3. The van der Waals surface area contributed by atoms with Crippen LogP contribution in [0, 0.1) is 35.2 Å². The van der Waals surface area contributed by atoms with Crippen LogP contribution in [0.25, 0.3) is 11.1 Å². The van der Waals surface area contributed by atoms with E-state index in [1.807, 2.05) is 6.92 Å². The number of rotatable bonds is 9. The Hall–Kier alpha value is -2.23. The Morgan fingerprint density at radius 1 is 0.861 bits per heavy atom. The Morgan fingerprint density at radius 3 is 2.19 bits per heavy atom. The highest BCUT2D eigenvalue weighted by Gasteiger charge is 2.32. The average Bonchev–Trinajstić information content (AvgIpc) is 2.90. The summed E-state index contributed by atoms with van der Waals surface area (Å²) in [4.78, 5) is 0. The molecule has 0 atom stereocenters. The molecule has 0 saturated heterocycles. The zero-order valence-corrected chi connectivity index (χ0v) is 21.9. The lowest BCUT2D eigenvalue weighted by molar-refractivity contribution is 0.156. The van der Waals surface area contributed by atoms with Crippen molar-refractivity contribution in [1.29, 1.82) is 0 Å². The quantitative estimate of drug-likeness (QED) is 0.313. The molecule has 0 amide bonds. The summed E-state index contributed by atoms with van der Waals surface area (Å²) in [5.74, 6) is 0.267. The maximum Gasteiger partial charge on any atom is 0.201 e. The maximum atomic E-state index is 15.2. The predicted octanol–water partition coefficient (Wildman–Crippen LogP) is 10.00. The third kappa shape index (κ3) is 6.36. The number of hydrogen-bond donors (Lipinski definition) is 0. The van der Waals surface area contributed by atoms with Crippen molar-refractivity contribution in [2.45, 2.75) is 90.4 Å². The first-order valence-corrected chi connectivity index (χ1v) is 14.0. The molecule has 0 unspecified atom stereocenters. The molecular formula is C32H41F3O. The summed E-state index contributed by atoms with van der Waals surface area (Å²) in [7, 11) is 0. The van der Waals surface area contributed by atoms with Gasteiger partial charge in [0.2, 0.25) is 5.82 Å². The molecule has 0 spiro atoms. The number of benzene rings is 2. The summed E-state index contributed by atoms with van der Waals surface area (Å²) in [6.07, 6.45) is 17.5. The molecule has 1 nitrogen and oxygen atoms in total. The Bertz CT molecular complexity index is 1010. The molecule has 2 aromatic carbocycles. The summed E-state index contributed by atoms with van der Waals surface area (Å²) >= 11 is 0. The molecule has 4 heteroatoms. The lowest BCUT2D eigenvalue weighted by Gasteiger charge is -2.38. The van der Waals surface area contributed by atoms with E-state index in [1.165, 1.54) is 69.6 Å². The van der Waals surface area contributed by atoms with Crippen LogP contribution in [0.2, 0.25) is 0 Å². The molecule has 0 N–H and O–H groups in total. The SMILES string of the molecule is C/C=C/CCC1CCC(C2CCC(c3ccc(-c4ccc(OCCC)c(F)c4F)cc3F)CC2)CC1. The highest BCUT2D eigenvalue weighted by molar-refractivity contribution is 5.66. The van der Waals surface area contributed by atoms with Gasteiger partial charge in [0.15, 0.2) is 11.6 Å². The van der Waals surface area contributed by atoms with Gasteiger partial charge in [0.1, 0.15) is 5.82 Å². The normalized spacial score (nSPS) is 24.8. The smallest absolute Gasteiger partial charge is 0.201 e. The minimum atomic E-state index is -1.02. The maximum absolute atomic E-state index is 15.2. The highest BCUT2D eigenvalue weighted by Crippen LogP contribution is 2.45. The van der Waals surface area contributed by atoms with Crippen LogP contribution in [0.4, 0.5) is 13.2 Å². The molecule has 4 rings (SSSR count). The predicted molar refractivity (Wildman–Crippen MR) is 142 cm³/mol. The summed E-state index contributed by atoms with van der Waals surface area (Å²) < 4.78 is 49.6. The van der Waals surface area contributed by atoms with Crippen LogP contribution >= 0.6 is 0 Å². The van der Waals surface area contributed by atoms with Gasteiger partial charge in [0.05, 0.1) is 6.61 Å². The van der Waals surface area contributed by atoms with Crippen LogP contribution in [0.5, 0.6) is 5.75 Å². The van der Waals surface area contributed by atoms with Crippen LogP contribution in [0.3, 0.4) is 0 Å². The van der Waals surface area contributed by atoms with Crippen molar-refractivity contribution in [3.05, 3.63) is 65.5 Å². The van der Waals surface area contributed by atoms with Gasteiger partial charge in [-0.15, -0.1) is 0 Å². The molecule has 0 radical (unpaired) electrons. The zero-order valence-electron chi connectivity index (χ0n) is 21.9. The second-order valence-corrected chi connectivity index (χ2v) is 10.9. The molecule has 2 saturated carbocycles. The lowest BCUT2D eigenvalue weighted by Crippen LogP contribution is -2.25. The van der Waals surface area contributed by atoms with Crippen molar-refractivity contribution in [2.24, 2.45) is 17.8 Å². The molecular weight excluding hydrogens is 457 g/mol. The van der Waals surface area contributed by atoms with Crippen molar-refractivity contribution in [1.82, 2.24) is 0 Å². The average molecular weight is 499 g/mol. The van der Waals surface area contributed by atoms with E-state index in [0.717, 1.165) is 30.6 Å². The van der Waals surface area contributed by atoms with Crippen LogP contribution in [-0.2, 0) is 0 Å². The van der Waals surface area contributed by atoms with E-state index in [0.29, 0.717) is 24.2 Å². The van der Waals surface area contributed by atoms with Gasteiger partial charge >= 0.3 is 0 Å². The first-order valence-electron chi connectivity index (χ1n) is 14.0. The van der Waals surface area contributed by atoms with Gasteiger partial charge < -0.3 is 4.74 Å². The fraction of sp³-hybridized carbons (Fsp3) is 0.562. The van der Waals surface area contributed by atoms with Crippen molar-refractivity contribution in [2.75, 3.05) is 6.61 Å². The summed E-state index contributed by atoms with van der Waals surface area (Å²) in [5, 5.41) is 0. The molecule has 0 heterocycles. The van der Waals surface area contributed by atoms with Crippen molar-refractivity contribution in [3.8, 4) is 16.9 Å². The van der Waals surface area contributed by atoms with Gasteiger partial charge in [-0.2, -0.15) is 4.39 Å². The monoisotopic (exact) mass is 498 g/mol. The third-order valence-corrected chi connectivity index (χ3v) is 8.57. The summed E-state index contributed by atoms with van der Waals surface area (Å²) in [6.45, 7) is 4.31. The molecule has 0 bridgehead atoms.